The van der Waals surface area contributed by atoms with E-state index in [9.17, 15) is 14.4 Å². The molecule has 1 amide bonds. The molecule has 1 atom stereocenters. The van der Waals surface area contributed by atoms with E-state index in [0.29, 0.717) is 22.6 Å². The van der Waals surface area contributed by atoms with Crippen LogP contribution in [0.5, 0.6) is 5.75 Å². The molecule has 4 N–H and O–H groups in total. The first kappa shape index (κ1) is 20.9. The topological polar surface area (TPSA) is 128 Å². The maximum atomic E-state index is 12.2. The molecular weight excluding hydrogens is 364 g/mol. The van der Waals surface area contributed by atoms with Crippen molar-refractivity contribution in [3.63, 3.8) is 0 Å². The number of carbonyl (C=O) groups excluding carboxylic acids is 2. The van der Waals surface area contributed by atoms with Gasteiger partial charge in [0.2, 0.25) is 5.91 Å². The predicted octanol–water partition coefficient (Wildman–Crippen LogP) is 2.18. The zero-order valence-corrected chi connectivity index (χ0v) is 15.4. The molecular formula is C20H22N2O6. The second-order valence-corrected chi connectivity index (χ2v) is 5.99. The standard InChI is InChI=1S/C20H22N2O6/c1-27-15-8-6-13(7-9-15)20(26)28-12-14-4-2-3-5-17(14)22-18(23)11-10-16(21)19(24)25/h2-9,16H,10-12,21H2,1H3,(H,22,23)(H,24,25)/t16-/m0/s1. The molecule has 0 fully saturated rings. The molecule has 0 bridgehead atoms. The number of rotatable bonds is 9. The van der Waals surface area contributed by atoms with Gasteiger partial charge in [0.15, 0.2) is 0 Å². The Bertz CT molecular complexity index is 835. The van der Waals surface area contributed by atoms with E-state index in [2.05, 4.69) is 5.32 Å². The monoisotopic (exact) mass is 386 g/mol. The van der Waals surface area contributed by atoms with Crippen LogP contribution in [0.3, 0.4) is 0 Å². The first-order valence-corrected chi connectivity index (χ1v) is 8.58. The fraction of sp³-hybridized carbons (Fsp3) is 0.250. The third-order valence-corrected chi connectivity index (χ3v) is 3.98. The van der Waals surface area contributed by atoms with Gasteiger partial charge in [0.1, 0.15) is 18.4 Å². The molecule has 0 saturated heterocycles. The van der Waals surface area contributed by atoms with Crippen LogP contribution in [-0.2, 0) is 20.9 Å². The van der Waals surface area contributed by atoms with Crippen LogP contribution in [0.25, 0.3) is 0 Å². The molecule has 0 saturated carbocycles. The summed E-state index contributed by atoms with van der Waals surface area (Å²) < 4.78 is 10.4. The maximum Gasteiger partial charge on any atom is 0.338 e. The molecule has 0 aromatic heterocycles. The third kappa shape index (κ3) is 6.10. The van der Waals surface area contributed by atoms with E-state index in [4.69, 9.17) is 20.3 Å². The summed E-state index contributed by atoms with van der Waals surface area (Å²) in [5, 5.41) is 11.4. The van der Waals surface area contributed by atoms with E-state index in [-0.39, 0.29) is 25.4 Å². The quantitative estimate of drug-likeness (QED) is 0.564. The zero-order valence-electron chi connectivity index (χ0n) is 15.4. The Morgan fingerprint density at radius 1 is 1.11 bits per heavy atom. The molecule has 0 unspecified atom stereocenters. The van der Waals surface area contributed by atoms with Crippen molar-refractivity contribution in [2.45, 2.75) is 25.5 Å². The summed E-state index contributed by atoms with van der Waals surface area (Å²) in [6.45, 7) is -0.0318. The Kier molecular flexibility index (Phi) is 7.53. The molecule has 148 valence electrons. The van der Waals surface area contributed by atoms with Crippen LogP contribution < -0.4 is 15.8 Å². The third-order valence-electron chi connectivity index (χ3n) is 3.98. The highest BCUT2D eigenvalue weighted by Gasteiger charge is 2.15. The first-order valence-electron chi connectivity index (χ1n) is 8.58. The minimum absolute atomic E-state index is 0.0236. The molecule has 2 rings (SSSR count). The SMILES string of the molecule is COc1ccc(C(=O)OCc2ccccc2NC(=O)CC[C@H](N)C(=O)O)cc1. The fourth-order valence-electron chi connectivity index (χ4n) is 2.34. The highest BCUT2D eigenvalue weighted by Crippen LogP contribution is 2.18. The number of nitrogens with one attached hydrogen (secondary N) is 1. The number of benzene rings is 2. The van der Waals surface area contributed by atoms with Crippen LogP contribution in [-0.4, -0.2) is 36.1 Å². The van der Waals surface area contributed by atoms with Gasteiger partial charge in [-0.05, 0) is 36.8 Å². The number of anilines is 1. The number of carboxylic acid groups (broad SMARTS) is 1. The maximum absolute atomic E-state index is 12.2. The zero-order chi connectivity index (χ0) is 20.5. The number of aliphatic carboxylic acids is 1. The fourth-order valence-corrected chi connectivity index (χ4v) is 2.34. The summed E-state index contributed by atoms with van der Waals surface area (Å²) in [4.78, 5) is 34.9. The van der Waals surface area contributed by atoms with Crippen LogP contribution in [0, 0.1) is 0 Å². The van der Waals surface area contributed by atoms with E-state index in [0.717, 1.165) is 0 Å². The van der Waals surface area contributed by atoms with Crippen molar-refractivity contribution >= 4 is 23.5 Å². The normalized spacial score (nSPS) is 11.4. The number of amides is 1. The average Bonchev–Trinajstić information content (AvgIpc) is 2.71. The summed E-state index contributed by atoms with van der Waals surface area (Å²) in [5.41, 5.74) is 6.87. The second-order valence-electron chi connectivity index (χ2n) is 5.99. The number of para-hydroxylation sites is 1. The lowest BCUT2D eigenvalue weighted by Gasteiger charge is -2.12. The average molecular weight is 386 g/mol. The van der Waals surface area contributed by atoms with Gasteiger partial charge in [-0.3, -0.25) is 9.59 Å². The Labute approximate surface area is 162 Å². The number of nitrogens with two attached hydrogens (primary N) is 1. The molecule has 0 heterocycles. The van der Waals surface area contributed by atoms with E-state index in [1.807, 2.05) is 0 Å². The Hall–Kier alpha value is -3.39. The molecule has 0 spiro atoms. The van der Waals surface area contributed by atoms with Crippen LogP contribution in [0.1, 0.15) is 28.8 Å². The summed E-state index contributed by atoms with van der Waals surface area (Å²) in [6, 6.07) is 12.3. The highest BCUT2D eigenvalue weighted by molar-refractivity contribution is 5.92. The number of methoxy groups -OCH3 is 1. The van der Waals surface area contributed by atoms with Gasteiger partial charge in [0.25, 0.3) is 0 Å². The summed E-state index contributed by atoms with van der Waals surface area (Å²) >= 11 is 0. The van der Waals surface area contributed by atoms with Crippen molar-refractivity contribution in [2.75, 3.05) is 12.4 Å². The van der Waals surface area contributed by atoms with Crippen molar-refractivity contribution in [1.29, 1.82) is 0 Å². The molecule has 8 heteroatoms. The van der Waals surface area contributed by atoms with Crippen molar-refractivity contribution in [3.8, 4) is 5.75 Å². The summed E-state index contributed by atoms with van der Waals surface area (Å²) in [6.07, 6.45) is -0.0107. The molecule has 0 aliphatic heterocycles. The van der Waals surface area contributed by atoms with Gasteiger partial charge in [-0.2, -0.15) is 0 Å². The lowest BCUT2D eigenvalue weighted by atomic mass is 10.1. The van der Waals surface area contributed by atoms with Gasteiger partial charge >= 0.3 is 11.9 Å². The van der Waals surface area contributed by atoms with Crippen molar-refractivity contribution < 1.29 is 29.0 Å². The summed E-state index contributed by atoms with van der Waals surface area (Å²) in [7, 11) is 1.54. The second kappa shape index (κ2) is 10.1. The minimum atomic E-state index is -1.15. The minimum Gasteiger partial charge on any atom is -0.497 e. The molecule has 0 radical (unpaired) electrons. The predicted molar refractivity (Wildman–Crippen MR) is 102 cm³/mol. The van der Waals surface area contributed by atoms with Gasteiger partial charge in [-0.15, -0.1) is 0 Å². The number of carbonyl (C=O) groups is 3. The number of hydrogen-bond donors (Lipinski definition) is 3. The van der Waals surface area contributed by atoms with Crippen LogP contribution >= 0.6 is 0 Å². The van der Waals surface area contributed by atoms with Crippen molar-refractivity contribution in [2.24, 2.45) is 5.73 Å². The van der Waals surface area contributed by atoms with Crippen molar-refractivity contribution in [3.05, 3.63) is 59.7 Å². The smallest absolute Gasteiger partial charge is 0.338 e. The Morgan fingerprint density at radius 2 is 1.79 bits per heavy atom. The van der Waals surface area contributed by atoms with Crippen molar-refractivity contribution in [1.82, 2.24) is 0 Å². The Morgan fingerprint density at radius 3 is 2.43 bits per heavy atom. The van der Waals surface area contributed by atoms with Gasteiger partial charge < -0.3 is 25.6 Å². The van der Waals surface area contributed by atoms with E-state index in [1.165, 1.54) is 7.11 Å². The van der Waals surface area contributed by atoms with E-state index < -0.39 is 18.0 Å². The number of esters is 1. The van der Waals surface area contributed by atoms with Crippen LogP contribution in [0.15, 0.2) is 48.5 Å². The van der Waals surface area contributed by atoms with Crippen LogP contribution in [0.4, 0.5) is 5.69 Å². The van der Waals surface area contributed by atoms with Gasteiger partial charge in [0, 0.05) is 17.7 Å². The van der Waals surface area contributed by atoms with Crippen LogP contribution in [0.2, 0.25) is 0 Å². The molecule has 8 nitrogen and oxygen atoms in total. The summed E-state index contributed by atoms with van der Waals surface area (Å²) in [5.74, 6) is -1.40. The molecule has 2 aromatic carbocycles. The van der Waals surface area contributed by atoms with Gasteiger partial charge in [0.05, 0.1) is 12.7 Å². The number of ether oxygens (including phenoxy) is 2. The molecule has 28 heavy (non-hydrogen) atoms. The Balaban J connectivity index is 1.94. The van der Waals surface area contributed by atoms with Gasteiger partial charge in [-0.1, -0.05) is 18.2 Å². The molecule has 2 aromatic rings. The highest BCUT2D eigenvalue weighted by atomic mass is 16.5. The molecule has 0 aliphatic rings. The number of carboxylic acids is 1. The van der Waals surface area contributed by atoms with E-state index >= 15 is 0 Å². The lowest BCUT2D eigenvalue weighted by molar-refractivity contribution is -0.138. The van der Waals surface area contributed by atoms with Gasteiger partial charge in [-0.25, -0.2) is 4.79 Å². The molecule has 0 aliphatic carbocycles. The largest absolute Gasteiger partial charge is 0.497 e. The lowest BCUT2D eigenvalue weighted by Crippen LogP contribution is -2.31. The number of hydrogen-bond acceptors (Lipinski definition) is 6. The van der Waals surface area contributed by atoms with E-state index in [1.54, 1.807) is 48.5 Å². The first-order chi connectivity index (χ1) is 13.4.